The van der Waals surface area contributed by atoms with E-state index < -0.39 is 0 Å². The smallest absolute Gasteiger partial charge is 0.0450 e. The molecule has 4 saturated heterocycles. The Morgan fingerprint density at radius 3 is 1.94 bits per heavy atom. The zero-order valence-corrected chi connectivity index (χ0v) is 19.2. The maximum Gasteiger partial charge on any atom is 0.0450 e. The van der Waals surface area contributed by atoms with Crippen molar-refractivity contribution in [1.29, 1.82) is 0 Å². The van der Waals surface area contributed by atoms with Crippen LogP contribution in [0.5, 0.6) is 0 Å². The lowest BCUT2D eigenvalue weighted by molar-refractivity contribution is -0.0464. The van der Waals surface area contributed by atoms with E-state index in [4.69, 9.17) is 11.6 Å². The monoisotopic (exact) mass is 442 g/mol. The van der Waals surface area contributed by atoms with Crippen molar-refractivity contribution in [2.75, 3.05) is 0 Å². The molecule has 3 aromatic rings. The van der Waals surface area contributed by atoms with Crippen molar-refractivity contribution in [1.82, 2.24) is 10.2 Å². The lowest BCUT2D eigenvalue weighted by Crippen LogP contribution is -2.68. The third kappa shape index (κ3) is 3.59. The molecule has 4 aliphatic rings. The molecule has 164 valence electrons. The van der Waals surface area contributed by atoms with Crippen LogP contribution in [0.15, 0.2) is 84.9 Å². The van der Waals surface area contributed by atoms with Crippen molar-refractivity contribution in [3.8, 4) is 0 Å². The van der Waals surface area contributed by atoms with Crippen molar-refractivity contribution in [3.05, 3.63) is 107 Å². The van der Waals surface area contributed by atoms with E-state index in [2.05, 4.69) is 83.0 Å². The summed E-state index contributed by atoms with van der Waals surface area (Å²) in [6, 6.07) is 33.1. The number of hydrogen-bond donors (Lipinski definition) is 1. The fraction of sp³-hybridized carbons (Fsp3) is 0.379. The Morgan fingerprint density at radius 1 is 0.781 bits per heavy atom. The zero-order valence-electron chi connectivity index (χ0n) is 18.4. The molecule has 2 nitrogen and oxygen atoms in total. The molecule has 4 fully saturated rings. The number of benzene rings is 3. The van der Waals surface area contributed by atoms with E-state index in [1.807, 2.05) is 12.1 Å². The Labute approximate surface area is 196 Å². The van der Waals surface area contributed by atoms with E-state index in [0.717, 1.165) is 29.6 Å². The summed E-state index contributed by atoms with van der Waals surface area (Å²) in [5.41, 5.74) is 4.06. The Kier molecular flexibility index (Phi) is 5.54. The second-order valence-corrected chi connectivity index (χ2v) is 10.3. The van der Waals surface area contributed by atoms with Gasteiger partial charge < -0.3 is 5.32 Å². The summed E-state index contributed by atoms with van der Waals surface area (Å²) in [5, 5.41) is 4.88. The van der Waals surface area contributed by atoms with Crippen LogP contribution in [-0.2, 0) is 6.54 Å². The van der Waals surface area contributed by atoms with Gasteiger partial charge in [0.25, 0.3) is 0 Å². The van der Waals surface area contributed by atoms with E-state index in [-0.39, 0.29) is 0 Å². The van der Waals surface area contributed by atoms with Crippen LogP contribution in [0.25, 0.3) is 0 Å². The lowest BCUT2D eigenvalue weighted by atomic mass is 9.68. The lowest BCUT2D eigenvalue weighted by Gasteiger charge is -2.58. The van der Waals surface area contributed by atoms with Crippen molar-refractivity contribution in [3.63, 3.8) is 0 Å². The van der Waals surface area contributed by atoms with Crippen molar-refractivity contribution in [2.45, 2.75) is 62.3 Å². The minimum absolute atomic E-state index is 0.368. The Morgan fingerprint density at radius 2 is 1.34 bits per heavy atom. The number of rotatable bonds is 6. The van der Waals surface area contributed by atoms with Crippen LogP contribution in [0.3, 0.4) is 0 Å². The number of nitrogens with one attached hydrogen (secondary N) is 1. The molecule has 0 radical (unpaired) electrons. The highest BCUT2D eigenvalue weighted by Gasteiger charge is 2.56. The van der Waals surface area contributed by atoms with E-state index >= 15 is 0 Å². The Hall–Kier alpha value is -2.13. The molecular weight excluding hydrogens is 412 g/mol. The highest BCUT2D eigenvalue weighted by atomic mass is 35.5. The van der Waals surface area contributed by atoms with Gasteiger partial charge in [-0.1, -0.05) is 90.5 Å². The van der Waals surface area contributed by atoms with Crippen molar-refractivity contribution < 1.29 is 0 Å². The van der Waals surface area contributed by atoms with Gasteiger partial charge in [0.15, 0.2) is 0 Å². The second-order valence-electron chi connectivity index (χ2n) is 9.85. The standard InChI is InChI=1S/C29H31ClN2/c30-26-14-8-7-13-22(26)19-31-28-23-17-24-15-16-25(18-23)32(24)29(28)27(20-9-3-1-4-10-20)21-11-5-2-6-12-21/h1-14,23-25,27-29,31H,15-19H2/t23?,24?,25?,28-,29-/m1/s1. The summed E-state index contributed by atoms with van der Waals surface area (Å²) in [5.74, 6) is 1.10. The Bertz CT molecular complexity index is 1000. The highest BCUT2D eigenvalue weighted by molar-refractivity contribution is 6.31. The third-order valence-corrected chi connectivity index (χ3v) is 8.56. The minimum Gasteiger partial charge on any atom is -0.308 e. The molecule has 4 aliphatic heterocycles. The van der Waals surface area contributed by atoms with Crippen LogP contribution in [0.2, 0.25) is 5.02 Å². The molecule has 32 heavy (non-hydrogen) atoms. The van der Waals surface area contributed by atoms with Crippen molar-refractivity contribution in [2.24, 2.45) is 5.92 Å². The fourth-order valence-corrected chi connectivity index (χ4v) is 7.15. The van der Waals surface area contributed by atoms with Gasteiger partial charge in [0.05, 0.1) is 0 Å². The number of fused-ring (bicyclic) bond motifs is 1. The van der Waals surface area contributed by atoms with Crippen LogP contribution >= 0.6 is 11.6 Å². The molecule has 0 saturated carbocycles. The normalized spacial score (nSPS) is 30.7. The second kappa shape index (κ2) is 8.67. The summed E-state index contributed by atoms with van der Waals surface area (Å²) < 4.78 is 0. The quantitative estimate of drug-likeness (QED) is 0.485. The van der Waals surface area contributed by atoms with Gasteiger partial charge in [-0.15, -0.1) is 0 Å². The topological polar surface area (TPSA) is 15.3 Å². The molecule has 0 spiro atoms. The van der Waals surface area contributed by atoms with Crippen LogP contribution in [-0.4, -0.2) is 29.1 Å². The largest absolute Gasteiger partial charge is 0.308 e. The first-order chi connectivity index (χ1) is 15.8. The van der Waals surface area contributed by atoms with Gasteiger partial charge in [-0.05, 0) is 54.4 Å². The van der Waals surface area contributed by atoms with Gasteiger partial charge in [0.1, 0.15) is 0 Å². The molecular formula is C29H31ClN2. The highest BCUT2D eigenvalue weighted by Crippen LogP contribution is 2.52. The van der Waals surface area contributed by atoms with E-state index in [1.54, 1.807) is 0 Å². The third-order valence-electron chi connectivity index (χ3n) is 8.19. The molecule has 3 heteroatoms. The molecule has 0 aliphatic carbocycles. The zero-order chi connectivity index (χ0) is 21.5. The van der Waals surface area contributed by atoms with Gasteiger partial charge in [0.2, 0.25) is 0 Å². The van der Waals surface area contributed by atoms with Crippen LogP contribution in [0, 0.1) is 5.92 Å². The van der Waals surface area contributed by atoms with Crippen molar-refractivity contribution >= 4 is 11.6 Å². The maximum atomic E-state index is 6.52. The Balaban J connectivity index is 1.40. The average Bonchev–Trinajstić information content (AvgIpc) is 3.13. The van der Waals surface area contributed by atoms with E-state index in [9.17, 15) is 0 Å². The predicted octanol–water partition coefficient (Wildman–Crippen LogP) is 6.26. The predicted molar refractivity (Wildman–Crippen MR) is 132 cm³/mol. The summed E-state index contributed by atoms with van der Waals surface area (Å²) in [6.07, 6.45) is 5.41. The number of piperidine rings is 3. The van der Waals surface area contributed by atoms with Crippen LogP contribution in [0.1, 0.15) is 48.3 Å². The fourth-order valence-electron chi connectivity index (χ4n) is 6.94. The summed E-state index contributed by atoms with van der Waals surface area (Å²) in [6.45, 7) is 0.830. The molecule has 3 aromatic carbocycles. The van der Waals surface area contributed by atoms with Gasteiger partial charge in [-0.2, -0.15) is 0 Å². The van der Waals surface area contributed by atoms with Gasteiger partial charge in [-0.25, -0.2) is 0 Å². The SMILES string of the molecule is Clc1ccccc1CN[C@@H]1C2CC3CCC(C2)N3[C@@H]1C(c1ccccc1)c1ccccc1. The van der Waals surface area contributed by atoms with Crippen LogP contribution in [0.4, 0.5) is 0 Å². The number of nitrogens with zero attached hydrogens (tertiary/aromatic N) is 1. The maximum absolute atomic E-state index is 6.52. The van der Waals surface area contributed by atoms with Gasteiger partial charge in [-0.3, -0.25) is 4.90 Å². The van der Waals surface area contributed by atoms with Gasteiger partial charge >= 0.3 is 0 Å². The van der Waals surface area contributed by atoms with Gasteiger partial charge in [0, 0.05) is 41.7 Å². The van der Waals surface area contributed by atoms with Crippen LogP contribution < -0.4 is 5.32 Å². The molecule has 4 atom stereocenters. The summed E-state index contributed by atoms with van der Waals surface area (Å²) in [4.78, 5) is 2.93. The van der Waals surface area contributed by atoms with E-state index in [1.165, 1.54) is 42.4 Å². The first kappa shape index (κ1) is 20.5. The average molecular weight is 443 g/mol. The summed E-state index contributed by atoms with van der Waals surface area (Å²) in [7, 11) is 0. The molecule has 0 aromatic heterocycles. The minimum atomic E-state index is 0.368. The molecule has 0 amide bonds. The molecule has 7 rings (SSSR count). The van der Waals surface area contributed by atoms with E-state index in [0.29, 0.717) is 18.0 Å². The first-order valence-corrected chi connectivity index (χ1v) is 12.5. The first-order valence-electron chi connectivity index (χ1n) is 12.1. The number of hydrogen-bond acceptors (Lipinski definition) is 2. The molecule has 4 bridgehead atoms. The number of halogens is 1. The summed E-state index contributed by atoms with van der Waals surface area (Å²) >= 11 is 6.52. The molecule has 1 N–H and O–H groups in total. The molecule has 4 heterocycles. The molecule has 2 unspecified atom stereocenters.